The van der Waals surface area contributed by atoms with Crippen LogP contribution in [-0.2, 0) is 22.9 Å². The van der Waals surface area contributed by atoms with Crippen LogP contribution in [0.15, 0.2) is 36.4 Å². The van der Waals surface area contributed by atoms with Gasteiger partial charge in [0.05, 0.1) is 18.0 Å². The molecule has 2 aromatic rings. The molecule has 144 valence electrons. The predicted molar refractivity (Wildman–Crippen MR) is 109 cm³/mol. The maximum Gasteiger partial charge on any atom is 0.251 e. The molecule has 1 atom stereocenters. The summed E-state index contributed by atoms with van der Waals surface area (Å²) in [5, 5.41) is 3.04. The van der Waals surface area contributed by atoms with E-state index in [4.69, 9.17) is 0 Å². The summed E-state index contributed by atoms with van der Waals surface area (Å²) in [4.78, 5) is 12.6. The minimum Gasteiger partial charge on any atom is -0.346 e. The third-order valence-electron chi connectivity index (χ3n) is 5.00. The molecule has 0 aromatic heterocycles. The van der Waals surface area contributed by atoms with E-state index in [1.165, 1.54) is 24.0 Å². The fourth-order valence-corrected chi connectivity index (χ4v) is 4.13. The lowest BCUT2D eigenvalue weighted by Gasteiger charge is -2.20. The zero-order valence-electron chi connectivity index (χ0n) is 16.0. The molecule has 1 aliphatic carbocycles. The minimum atomic E-state index is -3.35. The molecule has 1 aliphatic rings. The molecule has 0 saturated carbocycles. The molecular weight excluding hydrogens is 360 g/mol. The van der Waals surface area contributed by atoms with Crippen molar-refractivity contribution in [3.05, 3.63) is 64.2 Å². The van der Waals surface area contributed by atoms with Crippen LogP contribution in [0.25, 0.3) is 0 Å². The fourth-order valence-electron chi connectivity index (χ4n) is 3.51. The van der Waals surface area contributed by atoms with E-state index in [0.29, 0.717) is 16.8 Å². The first-order valence-electron chi connectivity index (χ1n) is 9.24. The normalized spacial score (nSPS) is 14.9. The van der Waals surface area contributed by atoms with Crippen molar-refractivity contribution in [1.29, 1.82) is 0 Å². The third-order valence-corrected chi connectivity index (χ3v) is 5.59. The summed E-state index contributed by atoms with van der Waals surface area (Å²) in [6.45, 7) is 3.76. The Morgan fingerprint density at radius 1 is 1.04 bits per heavy atom. The van der Waals surface area contributed by atoms with E-state index in [1.807, 2.05) is 6.92 Å². The standard InChI is InChI=1S/C21H26N2O3S/c1-14-12-19(10-11-20(14)23-27(3,25)26)21(24)22-15(2)17-9-8-16-6-4-5-7-18(16)13-17/h8-13,15,23H,4-7H2,1-3H3,(H,22,24). The van der Waals surface area contributed by atoms with Gasteiger partial charge < -0.3 is 5.32 Å². The summed E-state index contributed by atoms with van der Waals surface area (Å²) in [5.41, 5.74) is 5.62. The second-order valence-electron chi connectivity index (χ2n) is 7.33. The summed E-state index contributed by atoms with van der Waals surface area (Å²) in [6, 6.07) is 11.3. The van der Waals surface area contributed by atoms with Crippen LogP contribution in [0.4, 0.5) is 5.69 Å². The number of hydrogen-bond donors (Lipinski definition) is 2. The van der Waals surface area contributed by atoms with Gasteiger partial charge in [0.15, 0.2) is 0 Å². The van der Waals surface area contributed by atoms with E-state index in [-0.39, 0.29) is 11.9 Å². The summed E-state index contributed by atoms with van der Waals surface area (Å²) in [7, 11) is -3.35. The Labute approximate surface area is 161 Å². The lowest BCUT2D eigenvalue weighted by Crippen LogP contribution is -2.27. The van der Waals surface area contributed by atoms with Crippen molar-refractivity contribution in [2.75, 3.05) is 11.0 Å². The summed E-state index contributed by atoms with van der Waals surface area (Å²) < 4.78 is 25.2. The van der Waals surface area contributed by atoms with E-state index in [2.05, 4.69) is 28.2 Å². The molecule has 0 radical (unpaired) electrons. The number of rotatable bonds is 5. The van der Waals surface area contributed by atoms with Crippen LogP contribution in [0.1, 0.15) is 58.4 Å². The lowest BCUT2D eigenvalue weighted by atomic mass is 9.89. The van der Waals surface area contributed by atoms with E-state index >= 15 is 0 Å². The van der Waals surface area contributed by atoms with Crippen LogP contribution >= 0.6 is 0 Å². The number of aryl methyl sites for hydroxylation is 3. The van der Waals surface area contributed by atoms with Crippen molar-refractivity contribution in [2.45, 2.75) is 45.6 Å². The number of carbonyl (C=O) groups is 1. The average Bonchev–Trinajstić information content (AvgIpc) is 2.61. The van der Waals surface area contributed by atoms with Crippen molar-refractivity contribution in [3.63, 3.8) is 0 Å². The SMILES string of the molecule is Cc1cc(C(=O)NC(C)c2ccc3c(c2)CCCC3)ccc1NS(C)(=O)=O. The van der Waals surface area contributed by atoms with Crippen molar-refractivity contribution in [3.8, 4) is 0 Å². The Hall–Kier alpha value is -2.34. The monoisotopic (exact) mass is 386 g/mol. The third kappa shape index (κ3) is 4.89. The number of carbonyl (C=O) groups excluding carboxylic acids is 1. The summed E-state index contributed by atoms with van der Waals surface area (Å²) >= 11 is 0. The largest absolute Gasteiger partial charge is 0.346 e. The number of fused-ring (bicyclic) bond motifs is 1. The van der Waals surface area contributed by atoms with Crippen molar-refractivity contribution in [2.24, 2.45) is 0 Å². The van der Waals surface area contributed by atoms with Gasteiger partial charge in [-0.15, -0.1) is 0 Å². The van der Waals surface area contributed by atoms with Crippen LogP contribution < -0.4 is 10.0 Å². The average molecular weight is 387 g/mol. The van der Waals surface area contributed by atoms with Gasteiger partial charge in [-0.2, -0.15) is 0 Å². The molecule has 6 heteroatoms. The Kier molecular flexibility index (Phi) is 5.56. The van der Waals surface area contributed by atoms with E-state index in [9.17, 15) is 13.2 Å². The van der Waals surface area contributed by atoms with Gasteiger partial charge in [0.1, 0.15) is 0 Å². The number of amides is 1. The second kappa shape index (κ2) is 7.72. The summed E-state index contributed by atoms with van der Waals surface area (Å²) in [5.74, 6) is -0.172. The van der Waals surface area contributed by atoms with Gasteiger partial charge in [0, 0.05) is 5.56 Å². The van der Waals surface area contributed by atoms with Crippen molar-refractivity contribution < 1.29 is 13.2 Å². The van der Waals surface area contributed by atoms with Gasteiger partial charge in [-0.25, -0.2) is 8.42 Å². The first kappa shape index (κ1) is 19.4. The minimum absolute atomic E-state index is 0.0983. The number of sulfonamides is 1. The number of hydrogen-bond acceptors (Lipinski definition) is 3. The fraction of sp³-hybridized carbons (Fsp3) is 0.381. The smallest absolute Gasteiger partial charge is 0.251 e. The van der Waals surface area contributed by atoms with Crippen LogP contribution in [-0.4, -0.2) is 20.6 Å². The van der Waals surface area contributed by atoms with Crippen LogP contribution in [0.5, 0.6) is 0 Å². The Balaban J connectivity index is 1.72. The summed E-state index contributed by atoms with van der Waals surface area (Å²) in [6.07, 6.45) is 5.83. The molecular formula is C21H26N2O3S. The Morgan fingerprint density at radius 2 is 1.74 bits per heavy atom. The highest BCUT2D eigenvalue weighted by Crippen LogP contribution is 2.25. The molecule has 1 unspecified atom stereocenters. The molecule has 27 heavy (non-hydrogen) atoms. The molecule has 0 fully saturated rings. The molecule has 1 amide bonds. The molecule has 0 saturated heterocycles. The molecule has 0 spiro atoms. The molecule has 2 aromatic carbocycles. The molecule has 2 N–H and O–H groups in total. The quantitative estimate of drug-likeness (QED) is 0.822. The first-order valence-corrected chi connectivity index (χ1v) is 11.1. The number of anilines is 1. The van der Waals surface area contributed by atoms with Crippen molar-refractivity contribution >= 4 is 21.6 Å². The lowest BCUT2D eigenvalue weighted by molar-refractivity contribution is 0.0940. The van der Waals surface area contributed by atoms with Crippen LogP contribution in [0, 0.1) is 6.92 Å². The maximum absolute atomic E-state index is 12.6. The Bertz CT molecular complexity index is 967. The molecule has 0 aliphatic heterocycles. The van der Waals surface area contributed by atoms with E-state index in [0.717, 1.165) is 24.7 Å². The number of nitrogens with one attached hydrogen (secondary N) is 2. The van der Waals surface area contributed by atoms with Gasteiger partial charge >= 0.3 is 0 Å². The Morgan fingerprint density at radius 3 is 2.41 bits per heavy atom. The first-order chi connectivity index (χ1) is 12.7. The van der Waals surface area contributed by atoms with Gasteiger partial charge in [0.2, 0.25) is 10.0 Å². The van der Waals surface area contributed by atoms with Gasteiger partial charge in [0.25, 0.3) is 5.91 Å². The van der Waals surface area contributed by atoms with Gasteiger partial charge in [-0.1, -0.05) is 18.2 Å². The zero-order chi connectivity index (χ0) is 19.6. The number of benzene rings is 2. The van der Waals surface area contributed by atoms with E-state index < -0.39 is 10.0 Å². The van der Waals surface area contributed by atoms with Crippen LogP contribution in [0.3, 0.4) is 0 Å². The zero-order valence-corrected chi connectivity index (χ0v) is 16.8. The topological polar surface area (TPSA) is 75.3 Å². The van der Waals surface area contributed by atoms with Crippen molar-refractivity contribution in [1.82, 2.24) is 5.32 Å². The predicted octanol–water partition coefficient (Wildman–Crippen LogP) is 3.74. The highest BCUT2D eigenvalue weighted by molar-refractivity contribution is 7.92. The van der Waals surface area contributed by atoms with Gasteiger partial charge in [-0.05, 0) is 80.0 Å². The van der Waals surface area contributed by atoms with E-state index in [1.54, 1.807) is 25.1 Å². The molecule has 3 rings (SSSR count). The van der Waals surface area contributed by atoms with Crippen LogP contribution in [0.2, 0.25) is 0 Å². The molecule has 5 nitrogen and oxygen atoms in total. The van der Waals surface area contributed by atoms with Gasteiger partial charge in [-0.3, -0.25) is 9.52 Å². The molecule has 0 bridgehead atoms. The maximum atomic E-state index is 12.6. The molecule has 0 heterocycles. The highest BCUT2D eigenvalue weighted by Gasteiger charge is 2.16. The second-order valence-corrected chi connectivity index (χ2v) is 9.08. The highest BCUT2D eigenvalue weighted by atomic mass is 32.2.